The lowest BCUT2D eigenvalue weighted by Gasteiger charge is -2.37. The molecule has 0 saturated carbocycles. The van der Waals surface area contributed by atoms with Crippen LogP contribution in [0.15, 0.2) is 42.5 Å². The number of amides is 3. The van der Waals surface area contributed by atoms with E-state index in [4.69, 9.17) is 16.3 Å². The van der Waals surface area contributed by atoms with Crippen molar-refractivity contribution in [2.24, 2.45) is 5.92 Å². The van der Waals surface area contributed by atoms with E-state index in [1.165, 1.54) is 44.4 Å². The van der Waals surface area contributed by atoms with Crippen LogP contribution in [-0.2, 0) is 9.59 Å². The van der Waals surface area contributed by atoms with Crippen molar-refractivity contribution in [1.82, 2.24) is 9.80 Å². The van der Waals surface area contributed by atoms with E-state index in [1.807, 2.05) is 6.92 Å². The molecule has 7 nitrogen and oxygen atoms in total. The predicted molar refractivity (Wildman–Crippen MR) is 119 cm³/mol. The lowest BCUT2D eigenvalue weighted by molar-refractivity contribution is -0.141. The maximum Gasteiger partial charge on any atom is 0.313 e. The maximum atomic E-state index is 13.1. The summed E-state index contributed by atoms with van der Waals surface area (Å²) in [4.78, 5) is 39.8. The zero-order chi connectivity index (χ0) is 23.4. The van der Waals surface area contributed by atoms with Crippen LogP contribution in [0.2, 0.25) is 5.02 Å². The molecule has 1 N–H and O–H groups in total. The van der Waals surface area contributed by atoms with Crippen LogP contribution in [0.4, 0.5) is 10.1 Å². The third-order valence-corrected chi connectivity index (χ3v) is 5.60. The van der Waals surface area contributed by atoms with Crippen LogP contribution in [0.25, 0.3) is 0 Å². The molecule has 9 heteroatoms. The fourth-order valence-corrected chi connectivity index (χ4v) is 3.69. The summed E-state index contributed by atoms with van der Waals surface area (Å²) < 4.78 is 19.1. The van der Waals surface area contributed by atoms with Crippen molar-refractivity contribution < 1.29 is 23.5 Å². The third-order valence-electron chi connectivity index (χ3n) is 5.27. The summed E-state index contributed by atoms with van der Waals surface area (Å²) in [6.07, 6.45) is 0.498. The third kappa shape index (κ3) is 5.56. The Morgan fingerprint density at radius 2 is 1.84 bits per heavy atom. The van der Waals surface area contributed by atoms with Crippen LogP contribution in [0.1, 0.15) is 23.7 Å². The molecule has 32 heavy (non-hydrogen) atoms. The Balaban J connectivity index is 1.66. The average Bonchev–Trinajstić information content (AvgIpc) is 2.76. The lowest BCUT2D eigenvalue weighted by atomic mass is 9.95. The highest BCUT2D eigenvalue weighted by Gasteiger charge is 2.31. The first-order chi connectivity index (χ1) is 15.2. The van der Waals surface area contributed by atoms with Gasteiger partial charge < -0.3 is 19.9 Å². The highest BCUT2D eigenvalue weighted by molar-refractivity contribution is 6.39. The Hall–Kier alpha value is -3.13. The van der Waals surface area contributed by atoms with Gasteiger partial charge in [-0.2, -0.15) is 0 Å². The number of nitrogens with one attached hydrogen (secondary N) is 1. The van der Waals surface area contributed by atoms with E-state index in [2.05, 4.69) is 5.32 Å². The summed E-state index contributed by atoms with van der Waals surface area (Å²) in [6.45, 7) is 2.90. The molecule has 170 valence electrons. The van der Waals surface area contributed by atoms with Gasteiger partial charge in [-0.1, -0.05) is 18.5 Å². The average molecular weight is 462 g/mol. The van der Waals surface area contributed by atoms with Gasteiger partial charge in [-0.15, -0.1) is 0 Å². The summed E-state index contributed by atoms with van der Waals surface area (Å²) in [5.41, 5.74) is 0.549. The fourth-order valence-electron chi connectivity index (χ4n) is 3.50. The molecule has 3 amide bonds. The van der Waals surface area contributed by atoms with Crippen molar-refractivity contribution in [3.05, 3.63) is 58.9 Å². The summed E-state index contributed by atoms with van der Waals surface area (Å²) in [6, 6.07) is 10.4. The van der Waals surface area contributed by atoms with Crippen molar-refractivity contribution in [2.45, 2.75) is 19.4 Å². The smallest absolute Gasteiger partial charge is 0.313 e. The number of ether oxygens (including phenoxy) is 1. The standard InChI is InChI=1S/C23H25ClFN3O4/c1-14-13-28(11-10-20(14)32-17-7-4-15(25)5-8-17)22(30)18-12-16(6-9-19(18)24)26-21(29)23(31)27(2)3/h4-9,12,14,20H,10-11,13H2,1-3H3,(H,26,29)/t14-,20?/m1/s1. The molecular weight excluding hydrogens is 437 g/mol. The number of nitrogens with zero attached hydrogens (tertiary/aromatic N) is 2. The van der Waals surface area contributed by atoms with E-state index in [0.29, 0.717) is 30.9 Å². The first kappa shape index (κ1) is 23.5. The van der Waals surface area contributed by atoms with E-state index in [1.54, 1.807) is 17.0 Å². The van der Waals surface area contributed by atoms with Gasteiger partial charge in [-0.3, -0.25) is 14.4 Å². The quantitative estimate of drug-likeness (QED) is 0.707. The van der Waals surface area contributed by atoms with E-state index in [-0.39, 0.29) is 34.3 Å². The molecule has 0 radical (unpaired) electrons. The first-order valence-electron chi connectivity index (χ1n) is 10.2. The Morgan fingerprint density at radius 3 is 2.47 bits per heavy atom. The van der Waals surface area contributed by atoms with Crippen molar-refractivity contribution in [1.29, 1.82) is 0 Å². The van der Waals surface area contributed by atoms with Crippen molar-refractivity contribution in [2.75, 3.05) is 32.5 Å². The molecule has 1 fully saturated rings. The maximum absolute atomic E-state index is 13.1. The molecule has 0 aromatic heterocycles. The molecule has 3 rings (SSSR count). The molecule has 1 heterocycles. The number of halogens is 2. The van der Waals surface area contributed by atoms with Crippen LogP contribution in [-0.4, -0.2) is 60.8 Å². The van der Waals surface area contributed by atoms with E-state index < -0.39 is 11.8 Å². The summed E-state index contributed by atoms with van der Waals surface area (Å²) in [5, 5.41) is 2.74. The largest absolute Gasteiger partial charge is 0.490 e. The minimum absolute atomic E-state index is 0.0390. The van der Waals surface area contributed by atoms with Gasteiger partial charge in [-0.25, -0.2) is 4.39 Å². The number of rotatable bonds is 4. The molecule has 2 aromatic rings. The Kier molecular flexibility index (Phi) is 7.35. The normalized spacial score (nSPS) is 18.1. The van der Waals surface area contributed by atoms with Gasteiger partial charge in [0, 0.05) is 45.2 Å². The Labute approximate surface area is 191 Å². The van der Waals surface area contributed by atoms with E-state index in [0.717, 1.165) is 4.90 Å². The van der Waals surface area contributed by atoms with Crippen molar-refractivity contribution >= 4 is 35.0 Å². The van der Waals surface area contributed by atoms with Crippen LogP contribution in [0, 0.1) is 11.7 Å². The number of hydrogen-bond donors (Lipinski definition) is 1. The minimum atomic E-state index is -0.803. The number of likely N-dealkylation sites (tertiary alicyclic amines) is 1. The zero-order valence-corrected chi connectivity index (χ0v) is 18.9. The highest BCUT2D eigenvalue weighted by Crippen LogP contribution is 2.27. The molecule has 1 unspecified atom stereocenters. The number of hydrogen-bond acceptors (Lipinski definition) is 4. The van der Waals surface area contributed by atoms with Crippen LogP contribution >= 0.6 is 11.6 Å². The van der Waals surface area contributed by atoms with Crippen LogP contribution < -0.4 is 10.1 Å². The monoisotopic (exact) mass is 461 g/mol. The Morgan fingerprint density at radius 1 is 1.16 bits per heavy atom. The molecule has 1 aliphatic rings. The molecule has 0 aliphatic carbocycles. The van der Waals surface area contributed by atoms with Gasteiger partial charge in [0.1, 0.15) is 17.7 Å². The summed E-state index contributed by atoms with van der Waals surface area (Å²) >= 11 is 6.25. The number of carbonyl (C=O) groups excluding carboxylic acids is 3. The molecule has 2 atom stereocenters. The van der Waals surface area contributed by atoms with Gasteiger partial charge in [-0.05, 0) is 42.5 Å². The number of anilines is 1. The van der Waals surface area contributed by atoms with Gasteiger partial charge in [0.15, 0.2) is 0 Å². The second-order valence-corrected chi connectivity index (χ2v) is 8.38. The molecule has 2 aromatic carbocycles. The van der Waals surface area contributed by atoms with Gasteiger partial charge in [0.2, 0.25) is 0 Å². The van der Waals surface area contributed by atoms with Crippen molar-refractivity contribution in [3.8, 4) is 5.75 Å². The number of piperidine rings is 1. The first-order valence-corrected chi connectivity index (χ1v) is 10.6. The molecule has 0 bridgehead atoms. The predicted octanol–water partition coefficient (Wildman–Crippen LogP) is 3.44. The van der Waals surface area contributed by atoms with Crippen LogP contribution in [0.3, 0.4) is 0 Å². The van der Waals surface area contributed by atoms with Gasteiger partial charge in [0.25, 0.3) is 5.91 Å². The summed E-state index contributed by atoms with van der Waals surface area (Å²) in [5.74, 6) is -1.48. The number of benzene rings is 2. The van der Waals surface area contributed by atoms with Gasteiger partial charge in [0.05, 0.1) is 10.6 Å². The topological polar surface area (TPSA) is 79.0 Å². The highest BCUT2D eigenvalue weighted by atomic mass is 35.5. The molecule has 1 saturated heterocycles. The second-order valence-electron chi connectivity index (χ2n) is 7.98. The fraction of sp³-hybridized carbons (Fsp3) is 0.348. The van der Waals surface area contributed by atoms with Gasteiger partial charge >= 0.3 is 11.8 Å². The lowest BCUT2D eigenvalue weighted by Crippen LogP contribution is -2.47. The zero-order valence-electron chi connectivity index (χ0n) is 18.1. The number of likely N-dealkylation sites (N-methyl/N-ethyl adjacent to an activating group) is 1. The second kappa shape index (κ2) is 9.99. The number of carbonyl (C=O) groups is 3. The summed E-state index contributed by atoms with van der Waals surface area (Å²) in [7, 11) is 2.95. The van der Waals surface area contributed by atoms with E-state index in [9.17, 15) is 18.8 Å². The molecule has 0 spiro atoms. The van der Waals surface area contributed by atoms with E-state index >= 15 is 0 Å². The minimum Gasteiger partial charge on any atom is -0.490 e. The Bertz CT molecular complexity index is 1010. The molecular formula is C23H25ClFN3O4. The molecule has 1 aliphatic heterocycles. The SMILES string of the molecule is C[C@@H]1CN(C(=O)c2cc(NC(=O)C(=O)N(C)C)ccc2Cl)CCC1Oc1ccc(F)cc1. The van der Waals surface area contributed by atoms with Crippen LogP contribution in [0.5, 0.6) is 5.75 Å². The van der Waals surface area contributed by atoms with Crippen molar-refractivity contribution in [3.63, 3.8) is 0 Å².